The van der Waals surface area contributed by atoms with E-state index in [1.54, 1.807) is 18.0 Å². The molecule has 9 heteroatoms. The van der Waals surface area contributed by atoms with Gasteiger partial charge in [-0.25, -0.2) is 4.98 Å². The van der Waals surface area contributed by atoms with Gasteiger partial charge in [-0.3, -0.25) is 4.79 Å². The number of benzene rings is 1. The van der Waals surface area contributed by atoms with Gasteiger partial charge in [0.1, 0.15) is 11.4 Å². The van der Waals surface area contributed by atoms with Crippen LogP contribution >= 0.6 is 0 Å². The molecule has 4 rings (SSSR count). The second kappa shape index (κ2) is 9.65. The second-order valence-corrected chi connectivity index (χ2v) is 7.80. The molecule has 1 amide bonds. The summed E-state index contributed by atoms with van der Waals surface area (Å²) in [4.78, 5) is 18.7. The molecule has 2 N–H and O–H groups in total. The lowest BCUT2D eigenvalue weighted by Crippen LogP contribution is -2.32. The summed E-state index contributed by atoms with van der Waals surface area (Å²) in [5.74, 6) is 1.50. The van der Waals surface area contributed by atoms with Crippen LogP contribution in [0.2, 0.25) is 0 Å². The number of tetrazole rings is 1. The number of hydrogen-bond donors (Lipinski definition) is 2. The molecule has 0 saturated carbocycles. The Kier molecular flexibility index (Phi) is 6.51. The average molecular weight is 422 g/mol. The molecule has 9 nitrogen and oxygen atoms in total. The SMILES string of the molecule is COc1cccc(CNC(=O)c2cc(-c3nnn(C[C@H]4CCCNC4)n3)cc(C)n2)c1. The maximum Gasteiger partial charge on any atom is 0.270 e. The lowest BCUT2D eigenvalue weighted by Gasteiger charge is -2.21. The first kappa shape index (κ1) is 20.9. The number of nitrogens with one attached hydrogen (secondary N) is 2. The fourth-order valence-electron chi connectivity index (χ4n) is 3.72. The molecule has 3 heterocycles. The fraction of sp³-hybridized carbons (Fsp3) is 0.409. The predicted molar refractivity (Wildman–Crippen MR) is 116 cm³/mol. The third-order valence-corrected chi connectivity index (χ3v) is 5.30. The monoisotopic (exact) mass is 421 g/mol. The van der Waals surface area contributed by atoms with Crippen molar-refractivity contribution in [3.05, 3.63) is 53.3 Å². The van der Waals surface area contributed by atoms with E-state index in [0.717, 1.165) is 48.6 Å². The number of carbonyl (C=O) groups is 1. The molecule has 3 aromatic rings. The molecular formula is C22H27N7O2. The number of nitrogens with zero attached hydrogens (tertiary/aromatic N) is 5. The minimum atomic E-state index is -0.256. The average Bonchev–Trinajstić information content (AvgIpc) is 3.26. The normalized spacial score (nSPS) is 16.1. The van der Waals surface area contributed by atoms with Gasteiger partial charge in [-0.1, -0.05) is 12.1 Å². The highest BCUT2D eigenvalue weighted by Crippen LogP contribution is 2.18. The maximum absolute atomic E-state index is 12.7. The third kappa shape index (κ3) is 5.43. The van der Waals surface area contributed by atoms with E-state index in [2.05, 4.69) is 31.0 Å². The van der Waals surface area contributed by atoms with Crippen molar-refractivity contribution in [2.24, 2.45) is 5.92 Å². The van der Waals surface area contributed by atoms with Crippen LogP contribution in [0.4, 0.5) is 0 Å². The van der Waals surface area contributed by atoms with Crippen molar-refractivity contribution < 1.29 is 9.53 Å². The van der Waals surface area contributed by atoms with Gasteiger partial charge in [0.05, 0.1) is 13.7 Å². The number of piperidine rings is 1. The van der Waals surface area contributed by atoms with Gasteiger partial charge in [0.2, 0.25) is 5.82 Å². The summed E-state index contributed by atoms with van der Waals surface area (Å²) in [5, 5.41) is 19.2. The van der Waals surface area contributed by atoms with E-state index in [-0.39, 0.29) is 5.91 Å². The summed E-state index contributed by atoms with van der Waals surface area (Å²) in [6.07, 6.45) is 2.33. The molecule has 31 heavy (non-hydrogen) atoms. The highest BCUT2D eigenvalue weighted by Gasteiger charge is 2.17. The lowest BCUT2D eigenvalue weighted by atomic mass is 10.0. The molecule has 0 spiro atoms. The van der Waals surface area contributed by atoms with Crippen LogP contribution in [0.25, 0.3) is 11.4 Å². The van der Waals surface area contributed by atoms with Crippen LogP contribution in [0.15, 0.2) is 36.4 Å². The number of carbonyl (C=O) groups excluding carboxylic acids is 1. The zero-order chi connectivity index (χ0) is 21.6. The van der Waals surface area contributed by atoms with Gasteiger partial charge in [0, 0.05) is 17.8 Å². The molecule has 0 unspecified atom stereocenters. The summed E-state index contributed by atoms with van der Waals surface area (Å²) < 4.78 is 5.23. The lowest BCUT2D eigenvalue weighted by molar-refractivity contribution is 0.0945. The summed E-state index contributed by atoms with van der Waals surface area (Å²) in [5.41, 5.74) is 2.72. The van der Waals surface area contributed by atoms with E-state index in [0.29, 0.717) is 24.0 Å². The van der Waals surface area contributed by atoms with Crippen molar-refractivity contribution in [2.45, 2.75) is 32.9 Å². The summed E-state index contributed by atoms with van der Waals surface area (Å²) in [6, 6.07) is 11.1. The van der Waals surface area contributed by atoms with Gasteiger partial charge >= 0.3 is 0 Å². The summed E-state index contributed by atoms with van der Waals surface area (Å²) in [6.45, 7) is 5.01. The third-order valence-electron chi connectivity index (χ3n) is 5.30. The van der Waals surface area contributed by atoms with Gasteiger partial charge in [0.25, 0.3) is 5.91 Å². The zero-order valence-corrected chi connectivity index (χ0v) is 17.8. The van der Waals surface area contributed by atoms with Gasteiger partial charge in [-0.2, -0.15) is 4.80 Å². The van der Waals surface area contributed by atoms with Gasteiger partial charge in [-0.15, -0.1) is 10.2 Å². The van der Waals surface area contributed by atoms with Crippen molar-refractivity contribution >= 4 is 5.91 Å². The number of methoxy groups -OCH3 is 1. The first-order chi connectivity index (χ1) is 15.1. The largest absolute Gasteiger partial charge is 0.497 e. The van der Waals surface area contributed by atoms with E-state index in [9.17, 15) is 4.79 Å². The highest BCUT2D eigenvalue weighted by atomic mass is 16.5. The Labute approximate surface area is 181 Å². The Morgan fingerprint density at radius 1 is 1.32 bits per heavy atom. The molecule has 1 aliphatic heterocycles. The van der Waals surface area contributed by atoms with E-state index in [4.69, 9.17) is 4.74 Å². The first-order valence-corrected chi connectivity index (χ1v) is 10.5. The number of rotatable bonds is 7. The van der Waals surface area contributed by atoms with Crippen LogP contribution in [0.5, 0.6) is 5.75 Å². The van der Waals surface area contributed by atoms with E-state index >= 15 is 0 Å². The van der Waals surface area contributed by atoms with Crippen LogP contribution in [-0.2, 0) is 13.1 Å². The smallest absolute Gasteiger partial charge is 0.270 e. The molecule has 162 valence electrons. The van der Waals surface area contributed by atoms with Crippen LogP contribution in [0.3, 0.4) is 0 Å². The first-order valence-electron chi connectivity index (χ1n) is 10.5. The van der Waals surface area contributed by atoms with Crippen molar-refractivity contribution in [2.75, 3.05) is 20.2 Å². The number of ether oxygens (including phenoxy) is 1. The molecule has 1 saturated heterocycles. The molecule has 1 aromatic carbocycles. The maximum atomic E-state index is 12.7. The predicted octanol–water partition coefficient (Wildman–Crippen LogP) is 1.98. The topological polar surface area (TPSA) is 107 Å². The Balaban J connectivity index is 1.44. The molecule has 0 bridgehead atoms. The summed E-state index contributed by atoms with van der Waals surface area (Å²) >= 11 is 0. The highest BCUT2D eigenvalue weighted by molar-refractivity contribution is 5.93. The Morgan fingerprint density at radius 2 is 2.23 bits per heavy atom. The van der Waals surface area contributed by atoms with Crippen molar-refractivity contribution in [3.8, 4) is 17.1 Å². The Morgan fingerprint density at radius 3 is 3.03 bits per heavy atom. The van der Waals surface area contributed by atoms with Crippen LogP contribution in [-0.4, -0.2) is 51.3 Å². The van der Waals surface area contributed by atoms with Crippen LogP contribution in [0, 0.1) is 12.8 Å². The fourth-order valence-corrected chi connectivity index (χ4v) is 3.72. The molecule has 0 radical (unpaired) electrons. The van der Waals surface area contributed by atoms with E-state index in [1.165, 1.54) is 6.42 Å². The van der Waals surface area contributed by atoms with Crippen molar-refractivity contribution in [1.29, 1.82) is 0 Å². The second-order valence-electron chi connectivity index (χ2n) is 7.80. The minimum Gasteiger partial charge on any atom is -0.497 e. The van der Waals surface area contributed by atoms with Gasteiger partial charge in [-0.05, 0) is 73.8 Å². The van der Waals surface area contributed by atoms with E-state index < -0.39 is 0 Å². The number of aryl methyl sites for hydroxylation is 1. The quantitative estimate of drug-likeness (QED) is 0.601. The van der Waals surface area contributed by atoms with Crippen molar-refractivity contribution in [1.82, 2.24) is 35.8 Å². The zero-order valence-electron chi connectivity index (χ0n) is 17.8. The van der Waals surface area contributed by atoms with Gasteiger partial charge < -0.3 is 15.4 Å². The van der Waals surface area contributed by atoms with Crippen LogP contribution in [0.1, 0.15) is 34.6 Å². The number of aromatic nitrogens is 5. The number of amides is 1. The van der Waals surface area contributed by atoms with Gasteiger partial charge in [0.15, 0.2) is 0 Å². The van der Waals surface area contributed by atoms with E-state index in [1.807, 2.05) is 37.3 Å². The molecule has 1 aliphatic rings. The summed E-state index contributed by atoms with van der Waals surface area (Å²) in [7, 11) is 1.62. The molecule has 2 aromatic heterocycles. The molecule has 1 fully saturated rings. The molecule has 1 atom stereocenters. The molecular weight excluding hydrogens is 394 g/mol. The van der Waals surface area contributed by atoms with Crippen LogP contribution < -0.4 is 15.4 Å². The number of hydrogen-bond acceptors (Lipinski definition) is 7. The van der Waals surface area contributed by atoms with Crippen molar-refractivity contribution in [3.63, 3.8) is 0 Å². The standard InChI is InChI=1S/C22H27N7O2/c1-15-9-18(21-26-28-29(27-21)14-17-6-4-8-23-12-17)11-20(25-15)22(30)24-13-16-5-3-7-19(10-16)31-2/h3,5,7,9-11,17,23H,4,6,8,12-14H2,1-2H3,(H,24,30)/t17-/m0/s1. The number of pyridine rings is 1. The minimum absolute atomic E-state index is 0.256. The Hall–Kier alpha value is -3.33. The Bertz CT molecular complexity index is 1040. The molecule has 0 aliphatic carbocycles.